The number of phenols is 1. The maximum absolute atomic E-state index is 15.1. The van der Waals surface area contributed by atoms with Gasteiger partial charge in [0, 0.05) is 15.8 Å². The third-order valence-corrected chi connectivity index (χ3v) is 11.9. The number of nitrogens with zero attached hydrogens (tertiary/aromatic N) is 2. The number of nitrogens with one attached hydrogen (secondary N) is 1. The fourth-order valence-electron chi connectivity index (χ4n) is 8.67. The van der Waals surface area contributed by atoms with Gasteiger partial charge in [0.2, 0.25) is 11.8 Å². The highest BCUT2D eigenvalue weighted by atomic mass is 35.5. The molecule has 2 aliphatic heterocycles. The first kappa shape index (κ1) is 31.5. The molecule has 2 N–H and O–H groups in total. The number of carbonyl (C=O) groups is 4. The van der Waals surface area contributed by atoms with Gasteiger partial charge in [0.1, 0.15) is 11.6 Å². The Bertz CT molecular complexity index is 2050. The van der Waals surface area contributed by atoms with Gasteiger partial charge >= 0.3 is 0 Å². The van der Waals surface area contributed by atoms with Crippen molar-refractivity contribution in [2.24, 2.45) is 23.7 Å². The third-order valence-electron chi connectivity index (χ3n) is 10.8. The SMILES string of the molecule is Cc1cc([C@H]2C3=CC[C@@H]4C(=O)N(Cc5cccs5)C(=O)[C@@H]4[C@@H]3C[C@H]3C(=O)N(Nc4ccc(F)cc4)C(=O)[C@@]23c2ccc(Cl)cc2)ccc1O. The molecule has 0 bridgehead atoms. The molecule has 1 aromatic heterocycles. The standard InChI is InChI=1S/C38H31ClFN3O5S/c1-20-17-21(4-15-31(20)44)33-27-13-14-28-32(36(47)42(34(28)45)19-26-3-2-16-49-26)29(27)18-30-35(46)43(41-25-11-9-24(40)10-12-25)37(48)38(30,33)22-5-7-23(39)8-6-22/h2-13,15-17,28-30,32-33,41,44H,14,18-19H2,1H3/t28-,29+,30-,32-,33-,38+/m0/s1. The summed E-state index contributed by atoms with van der Waals surface area (Å²) < 4.78 is 13.8. The van der Waals surface area contributed by atoms with Gasteiger partial charge in [-0.15, -0.1) is 11.3 Å². The fourth-order valence-corrected chi connectivity index (χ4v) is 9.49. The van der Waals surface area contributed by atoms with Crippen LogP contribution in [0.15, 0.2) is 95.9 Å². The number of imide groups is 2. The van der Waals surface area contributed by atoms with Crippen molar-refractivity contribution < 1.29 is 28.7 Å². The zero-order valence-corrected chi connectivity index (χ0v) is 27.9. The molecule has 0 unspecified atom stereocenters. The molecule has 0 radical (unpaired) electrons. The number of hydrogen-bond donors (Lipinski definition) is 2. The molecule has 11 heteroatoms. The molecule has 248 valence electrons. The van der Waals surface area contributed by atoms with E-state index in [2.05, 4.69) is 5.43 Å². The van der Waals surface area contributed by atoms with Crippen molar-refractivity contribution in [3.8, 4) is 5.75 Å². The number of likely N-dealkylation sites (tertiary alicyclic amines) is 1. The highest BCUT2D eigenvalue weighted by molar-refractivity contribution is 7.09. The summed E-state index contributed by atoms with van der Waals surface area (Å²) in [6, 6.07) is 21.2. The highest BCUT2D eigenvalue weighted by Crippen LogP contribution is 2.64. The zero-order chi connectivity index (χ0) is 34.2. The van der Waals surface area contributed by atoms with Crippen molar-refractivity contribution in [2.75, 3.05) is 5.43 Å². The Kier molecular flexibility index (Phi) is 7.49. The van der Waals surface area contributed by atoms with E-state index < -0.39 is 52.6 Å². The lowest BCUT2D eigenvalue weighted by molar-refractivity contribution is -0.141. The zero-order valence-electron chi connectivity index (χ0n) is 26.3. The van der Waals surface area contributed by atoms with Crippen LogP contribution >= 0.6 is 22.9 Å². The summed E-state index contributed by atoms with van der Waals surface area (Å²) in [5.74, 6) is -5.31. The number of aryl methyl sites for hydroxylation is 1. The maximum Gasteiger partial charge on any atom is 0.260 e. The van der Waals surface area contributed by atoms with Crippen LogP contribution in [-0.2, 0) is 31.1 Å². The average molecular weight is 696 g/mol. The third kappa shape index (κ3) is 4.75. The molecule has 1 saturated carbocycles. The summed E-state index contributed by atoms with van der Waals surface area (Å²) >= 11 is 7.82. The lowest BCUT2D eigenvalue weighted by Crippen LogP contribution is -2.53. The Morgan fingerprint density at radius 1 is 0.959 bits per heavy atom. The van der Waals surface area contributed by atoms with Gasteiger partial charge in [0.25, 0.3) is 11.8 Å². The van der Waals surface area contributed by atoms with E-state index in [1.807, 2.05) is 29.7 Å². The van der Waals surface area contributed by atoms with Crippen molar-refractivity contribution in [3.63, 3.8) is 0 Å². The Balaban J connectivity index is 1.31. The quantitative estimate of drug-likeness (QED) is 0.171. The van der Waals surface area contributed by atoms with Crippen molar-refractivity contribution in [1.82, 2.24) is 9.91 Å². The van der Waals surface area contributed by atoms with Gasteiger partial charge in [0.15, 0.2) is 0 Å². The molecule has 4 aromatic rings. The van der Waals surface area contributed by atoms with E-state index in [9.17, 15) is 23.9 Å². The molecule has 2 saturated heterocycles. The molecule has 3 fully saturated rings. The monoisotopic (exact) mass is 695 g/mol. The van der Waals surface area contributed by atoms with E-state index in [1.165, 1.54) is 40.5 Å². The topological polar surface area (TPSA) is 107 Å². The second-order valence-corrected chi connectivity index (χ2v) is 14.7. The van der Waals surface area contributed by atoms with Crippen LogP contribution in [-0.4, -0.2) is 38.6 Å². The minimum atomic E-state index is -1.48. The number of hydrogen-bond acceptors (Lipinski definition) is 7. The molecule has 2 aliphatic carbocycles. The molecule has 4 amide bonds. The number of allylic oxidation sites excluding steroid dienone is 2. The number of hydrazine groups is 1. The predicted octanol–water partition coefficient (Wildman–Crippen LogP) is 6.74. The number of carbonyl (C=O) groups excluding carboxylic acids is 4. The number of halogens is 2. The molecule has 0 spiro atoms. The molecule has 6 atom stereocenters. The summed E-state index contributed by atoms with van der Waals surface area (Å²) in [6.07, 6.45) is 2.47. The summed E-state index contributed by atoms with van der Waals surface area (Å²) in [5.41, 5.74) is 4.51. The minimum absolute atomic E-state index is 0.0834. The minimum Gasteiger partial charge on any atom is -0.508 e. The van der Waals surface area contributed by atoms with Crippen LogP contribution in [0.4, 0.5) is 10.1 Å². The molecule has 8 nitrogen and oxygen atoms in total. The first-order valence-electron chi connectivity index (χ1n) is 16.1. The van der Waals surface area contributed by atoms with E-state index in [0.717, 1.165) is 15.5 Å². The number of fused-ring (bicyclic) bond motifs is 4. The number of phenolic OH excluding ortho intramolecular Hbond substituents is 1. The van der Waals surface area contributed by atoms with E-state index in [4.69, 9.17) is 11.6 Å². The second-order valence-electron chi connectivity index (χ2n) is 13.3. The largest absolute Gasteiger partial charge is 0.508 e. The molecule has 3 heterocycles. The van der Waals surface area contributed by atoms with Crippen LogP contribution < -0.4 is 5.43 Å². The summed E-state index contributed by atoms with van der Waals surface area (Å²) in [6.45, 7) is 1.96. The Labute approximate surface area is 290 Å². The van der Waals surface area contributed by atoms with Gasteiger partial charge in [-0.1, -0.05) is 53.6 Å². The van der Waals surface area contributed by atoms with Crippen molar-refractivity contribution in [3.05, 3.63) is 128 Å². The Hall–Kier alpha value is -4.80. The maximum atomic E-state index is 15.1. The number of rotatable bonds is 6. The van der Waals surface area contributed by atoms with E-state index in [0.29, 0.717) is 33.8 Å². The number of thiophene rings is 1. The van der Waals surface area contributed by atoms with Crippen LogP contribution in [0.5, 0.6) is 5.75 Å². The molecular weight excluding hydrogens is 665 g/mol. The Morgan fingerprint density at radius 2 is 1.71 bits per heavy atom. The van der Waals surface area contributed by atoms with Crippen LogP contribution in [0.2, 0.25) is 5.02 Å². The van der Waals surface area contributed by atoms with Crippen LogP contribution in [0, 0.1) is 36.4 Å². The summed E-state index contributed by atoms with van der Waals surface area (Å²) in [7, 11) is 0. The van der Waals surface area contributed by atoms with Crippen molar-refractivity contribution >= 4 is 52.3 Å². The van der Waals surface area contributed by atoms with Gasteiger partial charge < -0.3 is 5.11 Å². The van der Waals surface area contributed by atoms with E-state index in [1.54, 1.807) is 43.3 Å². The fraction of sp³-hybridized carbons (Fsp3) is 0.263. The molecule has 4 aliphatic rings. The average Bonchev–Trinajstić information content (AvgIpc) is 3.76. The van der Waals surface area contributed by atoms with Crippen LogP contribution in [0.3, 0.4) is 0 Å². The van der Waals surface area contributed by atoms with Gasteiger partial charge in [0.05, 0.1) is 35.4 Å². The highest BCUT2D eigenvalue weighted by Gasteiger charge is 2.70. The molecule has 8 rings (SSSR count). The summed E-state index contributed by atoms with van der Waals surface area (Å²) in [4.78, 5) is 60.1. The number of anilines is 1. The molecular formula is C38H31ClFN3O5S. The lowest BCUT2D eigenvalue weighted by atomic mass is 9.49. The van der Waals surface area contributed by atoms with E-state index in [-0.39, 0.29) is 30.5 Å². The smallest absolute Gasteiger partial charge is 0.260 e. The molecule has 49 heavy (non-hydrogen) atoms. The first-order valence-corrected chi connectivity index (χ1v) is 17.4. The number of amides is 4. The van der Waals surface area contributed by atoms with Gasteiger partial charge in [-0.05, 0) is 96.3 Å². The van der Waals surface area contributed by atoms with Gasteiger partial charge in [-0.25, -0.2) is 4.39 Å². The predicted molar refractivity (Wildman–Crippen MR) is 182 cm³/mol. The second kappa shape index (κ2) is 11.7. The van der Waals surface area contributed by atoms with Crippen LogP contribution in [0.25, 0.3) is 0 Å². The number of benzene rings is 3. The van der Waals surface area contributed by atoms with E-state index >= 15 is 4.79 Å². The summed E-state index contributed by atoms with van der Waals surface area (Å²) in [5, 5.41) is 13.9. The van der Waals surface area contributed by atoms with Crippen molar-refractivity contribution in [2.45, 2.75) is 37.6 Å². The number of aromatic hydroxyl groups is 1. The lowest BCUT2D eigenvalue weighted by Gasteiger charge is -2.50. The van der Waals surface area contributed by atoms with Gasteiger partial charge in [-0.2, -0.15) is 5.01 Å². The van der Waals surface area contributed by atoms with Crippen molar-refractivity contribution in [1.29, 1.82) is 0 Å². The normalized spacial score (nSPS) is 27.6. The van der Waals surface area contributed by atoms with Crippen LogP contribution in [0.1, 0.15) is 40.3 Å². The first-order chi connectivity index (χ1) is 23.6. The van der Waals surface area contributed by atoms with Gasteiger partial charge in [-0.3, -0.25) is 29.5 Å². The Morgan fingerprint density at radius 3 is 2.41 bits per heavy atom. The molecule has 3 aromatic carbocycles.